The van der Waals surface area contributed by atoms with Gasteiger partial charge in [-0.2, -0.15) is 0 Å². The van der Waals surface area contributed by atoms with Crippen molar-refractivity contribution in [2.45, 2.75) is 0 Å². The number of hydrogen-bond donors (Lipinski definition) is 1. The summed E-state index contributed by atoms with van der Waals surface area (Å²) in [6.07, 6.45) is 0. The summed E-state index contributed by atoms with van der Waals surface area (Å²) in [4.78, 5) is 16.1. The molecule has 2 aliphatic rings. The molecule has 114 valence electrons. The smallest absolute Gasteiger partial charge is 0.265 e. The van der Waals surface area contributed by atoms with Gasteiger partial charge in [-0.1, -0.05) is 11.6 Å². The number of morpholine rings is 1. The largest absolute Gasteiger partial charge is 0.482 e. The summed E-state index contributed by atoms with van der Waals surface area (Å²) in [5.74, 6) is 0.549. The lowest BCUT2D eigenvalue weighted by Gasteiger charge is -2.33. The number of ether oxygens (including phenoxy) is 2. The van der Waals surface area contributed by atoms with Crippen molar-refractivity contribution in [3.8, 4) is 5.75 Å². The Morgan fingerprint density at radius 2 is 2.00 bits per heavy atom. The van der Waals surface area contributed by atoms with E-state index in [2.05, 4.69) is 4.90 Å². The molecule has 0 unspecified atom stereocenters. The summed E-state index contributed by atoms with van der Waals surface area (Å²) in [6.45, 7) is 4.73. The first-order valence-corrected chi connectivity index (χ1v) is 7.35. The average Bonchev–Trinajstić information content (AvgIpc) is 2.49. The molecule has 0 saturated carbocycles. The number of carbonyl (C=O) groups is 1. The van der Waals surface area contributed by atoms with Crippen LogP contribution >= 0.6 is 11.6 Å². The number of nitrogen functional groups attached to an aromatic ring is 1. The van der Waals surface area contributed by atoms with E-state index in [1.165, 1.54) is 0 Å². The van der Waals surface area contributed by atoms with Gasteiger partial charge in [-0.15, -0.1) is 0 Å². The zero-order chi connectivity index (χ0) is 14.8. The third-order valence-corrected chi connectivity index (χ3v) is 4.09. The van der Waals surface area contributed by atoms with E-state index >= 15 is 0 Å². The molecule has 1 fully saturated rings. The van der Waals surface area contributed by atoms with Crippen LogP contribution in [0.15, 0.2) is 12.1 Å². The molecule has 2 heterocycles. The Morgan fingerprint density at radius 3 is 2.76 bits per heavy atom. The van der Waals surface area contributed by atoms with Crippen LogP contribution in [0.1, 0.15) is 0 Å². The maximum absolute atomic E-state index is 12.1. The fourth-order valence-corrected chi connectivity index (χ4v) is 2.70. The third kappa shape index (κ3) is 3.07. The Hall–Kier alpha value is -1.50. The number of benzene rings is 1. The number of halogens is 1. The summed E-state index contributed by atoms with van der Waals surface area (Å²) in [6, 6.07) is 3.37. The minimum atomic E-state index is -0.0579. The van der Waals surface area contributed by atoms with Crippen molar-refractivity contribution >= 4 is 28.9 Å². The molecular weight excluding hydrogens is 294 g/mol. The van der Waals surface area contributed by atoms with Gasteiger partial charge in [-0.3, -0.25) is 9.69 Å². The first kappa shape index (κ1) is 14.4. The van der Waals surface area contributed by atoms with Gasteiger partial charge in [-0.25, -0.2) is 0 Å². The molecule has 6 nitrogen and oxygen atoms in total. The van der Waals surface area contributed by atoms with Crippen molar-refractivity contribution in [3.63, 3.8) is 0 Å². The van der Waals surface area contributed by atoms with Crippen LogP contribution in [-0.4, -0.2) is 56.8 Å². The van der Waals surface area contributed by atoms with Gasteiger partial charge in [0.15, 0.2) is 6.61 Å². The number of anilines is 2. The van der Waals surface area contributed by atoms with E-state index in [0.29, 0.717) is 28.7 Å². The average molecular weight is 312 g/mol. The molecular formula is C14H18ClN3O3. The van der Waals surface area contributed by atoms with Crippen LogP contribution < -0.4 is 15.4 Å². The Labute approximate surface area is 128 Å². The van der Waals surface area contributed by atoms with E-state index in [9.17, 15) is 4.79 Å². The Bertz CT molecular complexity index is 547. The maximum Gasteiger partial charge on any atom is 0.265 e. The summed E-state index contributed by atoms with van der Waals surface area (Å²) < 4.78 is 10.8. The number of fused-ring (bicyclic) bond motifs is 1. The fourth-order valence-electron chi connectivity index (χ4n) is 2.55. The van der Waals surface area contributed by atoms with E-state index in [4.69, 9.17) is 26.8 Å². The Morgan fingerprint density at radius 1 is 1.24 bits per heavy atom. The molecule has 0 radical (unpaired) electrons. The van der Waals surface area contributed by atoms with Crippen molar-refractivity contribution in [2.75, 3.05) is 56.6 Å². The Kier molecular flexibility index (Phi) is 4.19. The van der Waals surface area contributed by atoms with Gasteiger partial charge in [-0.05, 0) is 6.07 Å². The van der Waals surface area contributed by atoms with Crippen LogP contribution in [0.25, 0.3) is 0 Å². The van der Waals surface area contributed by atoms with E-state index in [1.807, 2.05) is 0 Å². The van der Waals surface area contributed by atoms with Gasteiger partial charge >= 0.3 is 0 Å². The summed E-state index contributed by atoms with van der Waals surface area (Å²) >= 11 is 6.00. The van der Waals surface area contributed by atoms with E-state index < -0.39 is 0 Å². The van der Waals surface area contributed by atoms with Crippen LogP contribution in [0.5, 0.6) is 5.75 Å². The second-order valence-electron chi connectivity index (χ2n) is 5.13. The summed E-state index contributed by atoms with van der Waals surface area (Å²) in [5, 5.41) is 0.441. The molecule has 0 bridgehead atoms. The zero-order valence-corrected chi connectivity index (χ0v) is 12.4. The standard InChI is InChI=1S/C14H18ClN3O3/c15-10-7-13-12(8-11(10)16)18(14(19)9-21-13)2-1-17-3-5-20-6-4-17/h7-8H,1-6,9,16H2. The van der Waals surface area contributed by atoms with Gasteiger partial charge in [0.05, 0.1) is 29.6 Å². The Balaban J connectivity index is 1.75. The van der Waals surface area contributed by atoms with Crippen LogP contribution in [0.3, 0.4) is 0 Å². The quantitative estimate of drug-likeness (QED) is 0.843. The fraction of sp³-hybridized carbons (Fsp3) is 0.500. The second kappa shape index (κ2) is 6.09. The van der Waals surface area contributed by atoms with Gasteiger partial charge in [0.1, 0.15) is 5.75 Å². The lowest BCUT2D eigenvalue weighted by Crippen LogP contribution is -2.45. The molecule has 3 rings (SSSR count). The van der Waals surface area contributed by atoms with E-state index in [-0.39, 0.29) is 12.5 Å². The number of rotatable bonds is 3. The first-order chi connectivity index (χ1) is 10.1. The minimum Gasteiger partial charge on any atom is -0.482 e. The molecule has 1 saturated heterocycles. The van der Waals surface area contributed by atoms with Crippen molar-refractivity contribution < 1.29 is 14.3 Å². The topological polar surface area (TPSA) is 68.0 Å². The lowest BCUT2D eigenvalue weighted by molar-refractivity contribution is -0.121. The predicted octanol–water partition coefficient (Wildman–Crippen LogP) is 0.980. The molecule has 1 amide bonds. The highest BCUT2D eigenvalue weighted by Gasteiger charge is 2.27. The highest BCUT2D eigenvalue weighted by Crippen LogP contribution is 2.37. The van der Waals surface area contributed by atoms with Crippen molar-refractivity contribution in [2.24, 2.45) is 0 Å². The van der Waals surface area contributed by atoms with Crippen molar-refractivity contribution in [1.82, 2.24) is 4.90 Å². The molecule has 2 N–H and O–H groups in total. The molecule has 0 atom stereocenters. The van der Waals surface area contributed by atoms with Crippen LogP contribution in [0.2, 0.25) is 5.02 Å². The summed E-state index contributed by atoms with van der Waals surface area (Å²) in [5.41, 5.74) is 6.98. The highest BCUT2D eigenvalue weighted by molar-refractivity contribution is 6.33. The van der Waals surface area contributed by atoms with Crippen LogP contribution in [-0.2, 0) is 9.53 Å². The number of nitrogens with two attached hydrogens (primary N) is 1. The number of nitrogens with zero attached hydrogens (tertiary/aromatic N) is 2. The van der Waals surface area contributed by atoms with E-state index in [0.717, 1.165) is 32.8 Å². The number of amides is 1. The molecule has 0 spiro atoms. The SMILES string of the molecule is Nc1cc2c(cc1Cl)OCC(=O)N2CCN1CCOCC1. The first-order valence-electron chi connectivity index (χ1n) is 6.97. The van der Waals surface area contributed by atoms with Gasteiger partial charge < -0.3 is 20.1 Å². The molecule has 21 heavy (non-hydrogen) atoms. The molecule has 0 aromatic heterocycles. The normalized spacial score (nSPS) is 19.3. The zero-order valence-electron chi connectivity index (χ0n) is 11.7. The second-order valence-corrected chi connectivity index (χ2v) is 5.54. The number of carbonyl (C=O) groups excluding carboxylic acids is 1. The molecule has 7 heteroatoms. The molecule has 0 aliphatic carbocycles. The predicted molar refractivity (Wildman–Crippen MR) is 81.0 cm³/mol. The third-order valence-electron chi connectivity index (χ3n) is 3.76. The van der Waals surface area contributed by atoms with Crippen LogP contribution in [0.4, 0.5) is 11.4 Å². The molecule has 1 aromatic rings. The molecule has 2 aliphatic heterocycles. The van der Waals surface area contributed by atoms with Gasteiger partial charge in [0.2, 0.25) is 0 Å². The maximum atomic E-state index is 12.1. The van der Waals surface area contributed by atoms with Crippen LogP contribution in [0, 0.1) is 0 Å². The molecule has 1 aromatic carbocycles. The number of hydrogen-bond acceptors (Lipinski definition) is 5. The summed E-state index contributed by atoms with van der Waals surface area (Å²) in [7, 11) is 0. The minimum absolute atomic E-state index is 0.0381. The van der Waals surface area contributed by atoms with E-state index in [1.54, 1.807) is 17.0 Å². The highest BCUT2D eigenvalue weighted by atomic mass is 35.5. The van der Waals surface area contributed by atoms with Gasteiger partial charge in [0, 0.05) is 32.2 Å². The van der Waals surface area contributed by atoms with Crippen molar-refractivity contribution in [3.05, 3.63) is 17.2 Å². The van der Waals surface area contributed by atoms with Gasteiger partial charge in [0.25, 0.3) is 5.91 Å². The lowest BCUT2D eigenvalue weighted by atomic mass is 10.2. The monoisotopic (exact) mass is 311 g/mol. The van der Waals surface area contributed by atoms with Crippen molar-refractivity contribution in [1.29, 1.82) is 0 Å².